The number of aliphatic hydroxyl groups is 2. The number of ketones is 4. The normalized spacial score (nSPS) is 28.9. The molecular weight excluding hydrogens is 660 g/mol. The van der Waals surface area contributed by atoms with Crippen molar-refractivity contribution in [2.45, 2.75) is 81.2 Å². The molecule has 16 nitrogen and oxygen atoms in total. The van der Waals surface area contributed by atoms with E-state index in [1.165, 1.54) is 32.2 Å². The summed E-state index contributed by atoms with van der Waals surface area (Å²) in [5.41, 5.74) is -0.259. The van der Waals surface area contributed by atoms with E-state index in [9.17, 15) is 49.2 Å². The molecule has 7 N–H and O–H groups in total. The Morgan fingerprint density at radius 3 is 2.38 bits per heavy atom. The average Bonchev–Trinajstić information content (AvgIpc) is 3.30. The van der Waals surface area contributed by atoms with Gasteiger partial charge in [0.1, 0.15) is 46.9 Å². The molecule has 1 saturated heterocycles. The Balaban J connectivity index is 1.32. The van der Waals surface area contributed by atoms with E-state index in [0.29, 0.717) is 0 Å². The molecule has 266 valence electrons. The number of carbonyl (C=O) groups excluding carboxylic acids is 6. The molecule has 6 rings (SSSR count). The van der Waals surface area contributed by atoms with Crippen molar-refractivity contribution >= 4 is 35.0 Å². The number of hydrogen-bond acceptors (Lipinski definition) is 15. The van der Waals surface area contributed by atoms with Crippen LogP contribution < -0.4 is 15.8 Å². The predicted molar refractivity (Wildman–Crippen MR) is 166 cm³/mol. The van der Waals surface area contributed by atoms with E-state index in [0.717, 1.165) is 0 Å². The first-order valence-corrected chi connectivity index (χ1v) is 15.8. The minimum atomic E-state index is -2.42. The second-order valence-electron chi connectivity index (χ2n) is 13.3. The van der Waals surface area contributed by atoms with Gasteiger partial charge in [0.25, 0.3) is 0 Å². The third-order valence-electron chi connectivity index (χ3n) is 10.1. The number of aromatic hydroxyl groups is 2. The highest BCUT2D eigenvalue weighted by Gasteiger charge is 2.79. The van der Waals surface area contributed by atoms with E-state index in [1.54, 1.807) is 6.92 Å². The Hall–Kier alpha value is -4.74. The third kappa shape index (κ3) is 5.43. The smallest absolute Gasteiger partial charge is 0.325 e. The summed E-state index contributed by atoms with van der Waals surface area (Å²) in [6, 6.07) is 4.28. The number of nitrogens with one attached hydrogen (secondary N) is 1. The quantitative estimate of drug-likeness (QED) is 0.112. The van der Waals surface area contributed by atoms with Gasteiger partial charge < -0.3 is 55.2 Å². The van der Waals surface area contributed by atoms with Crippen LogP contribution in [0.5, 0.6) is 17.2 Å². The predicted octanol–water partition coefficient (Wildman–Crippen LogP) is -0.208. The molecule has 16 heteroatoms. The summed E-state index contributed by atoms with van der Waals surface area (Å²) < 4.78 is 22.3. The van der Waals surface area contributed by atoms with Crippen molar-refractivity contribution < 1.29 is 68.1 Å². The number of methoxy groups -OCH3 is 1. The molecule has 4 unspecified atom stereocenters. The number of hydrogen-bond donors (Lipinski definition) is 6. The highest BCUT2D eigenvalue weighted by Crippen LogP contribution is 2.59. The maximum absolute atomic E-state index is 13.9. The molecule has 4 aliphatic rings. The van der Waals surface area contributed by atoms with Crippen LogP contribution in [-0.2, 0) is 39.8 Å². The molecule has 1 heterocycles. The first-order chi connectivity index (χ1) is 23.5. The van der Waals surface area contributed by atoms with Crippen LogP contribution in [0.3, 0.4) is 0 Å². The summed E-state index contributed by atoms with van der Waals surface area (Å²) in [6.07, 6.45) is -5.09. The summed E-state index contributed by atoms with van der Waals surface area (Å²) in [6.45, 7) is 1.29. The van der Waals surface area contributed by atoms with E-state index < -0.39 is 113 Å². The zero-order valence-electron chi connectivity index (χ0n) is 27.4. The topological polar surface area (TPSA) is 258 Å². The van der Waals surface area contributed by atoms with E-state index in [-0.39, 0.29) is 53.0 Å². The number of benzene rings is 2. The van der Waals surface area contributed by atoms with Gasteiger partial charge in [0.15, 0.2) is 18.7 Å². The fourth-order valence-electron chi connectivity index (χ4n) is 7.13. The Labute approximate surface area is 284 Å². The van der Waals surface area contributed by atoms with Gasteiger partial charge in [-0.3, -0.25) is 24.0 Å². The average molecular weight is 697 g/mol. The lowest BCUT2D eigenvalue weighted by atomic mass is 9.72. The van der Waals surface area contributed by atoms with Gasteiger partial charge in [0.05, 0.1) is 35.4 Å². The van der Waals surface area contributed by atoms with Crippen molar-refractivity contribution in [1.29, 1.82) is 0 Å². The number of ether oxygens (including phenoxy) is 4. The van der Waals surface area contributed by atoms with Crippen molar-refractivity contribution in [1.82, 2.24) is 5.32 Å². The van der Waals surface area contributed by atoms with Gasteiger partial charge in [-0.2, -0.15) is 0 Å². The second-order valence-corrected chi connectivity index (χ2v) is 13.3. The molecule has 3 aliphatic carbocycles. The number of phenolic OH excluding ortho intramolecular Hbond substituents is 2. The largest absolute Gasteiger partial charge is 0.507 e. The summed E-state index contributed by atoms with van der Waals surface area (Å²) in [4.78, 5) is 76.3. The maximum atomic E-state index is 13.9. The lowest BCUT2D eigenvalue weighted by molar-refractivity contribution is -0.203. The number of phenols is 2. The number of carbonyl (C=O) groups is 6. The summed E-state index contributed by atoms with van der Waals surface area (Å²) in [5.74, 6) is -5.98. The van der Waals surface area contributed by atoms with E-state index in [4.69, 9.17) is 24.7 Å². The molecule has 0 aromatic heterocycles. The van der Waals surface area contributed by atoms with E-state index >= 15 is 0 Å². The summed E-state index contributed by atoms with van der Waals surface area (Å²) in [7, 11) is 1.30. The van der Waals surface area contributed by atoms with Gasteiger partial charge >= 0.3 is 5.97 Å². The van der Waals surface area contributed by atoms with Gasteiger partial charge in [-0.05, 0) is 19.9 Å². The van der Waals surface area contributed by atoms with Gasteiger partial charge in [0.2, 0.25) is 17.5 Å². The van der Waals surface area contributed by atoms with Crippen LogP contribution in [0.15, 0.2) is 18.2 Å². The van der Waals surface area contributed by atoms with Crippen LogP contribution in [0.4, 0.5) is 0 Å². The minimum absolute atomic E-state index is 0.0266. The van der Waals surface area contributed by atoms with Crippen LogP contribution in [0, 0.1) is 0 Å². The van der Waals surface area contributed by atoms with Gasteiger partial charge in [-0.1, -0.05) is 12.1 Å². The van der Waals surface area contributed by atoms with Crippen LogP contribution in [0.1, 0.15) is 88.6 Å². The van der Waals surface area contributed by atoms with Gasteiger partial charge in [-0.25, -0.2) is 0 Å². The molecule has 0 spiro atoms. The van der Waals surface area contributed by atoms with Gasteiger partial charge in [0, 0.05) is 48.8 Å². The summed E-state index contributed by atoms with van der Waals surface area (Å²) in [5, 5.41) is 47.6. The number of Topliss-reactive ketones (excluding diaryl/α,β-unsaturated/α-hetero) is 2. The number of fused-ring (bicyclic) bond motifs is 4. The standard InChI is InChI=1S/C34H36N2O14/c1-14(37)7-8-20(39)36-12-21(40)48-13-19(38)33(46)9-16-24(18(10-33)49-22-11-34(35)31(45)32(34,2)50-22)30(44)26-25(28(16)42)27(41)15-5-4-6-17(47-3)23(15)29(26)43/h4-6,18,22,31,42,44-46H,7-13,35H2,1-3H3,(H,36,39)/t18-,22?,31?,32?,33-,34?/m0/s1. The van der Waals surface area contributed by atoms with E-state index in [1.807, 2.05) is 0 Å². The van der Waals surface area contributed by atoms with Crippen molar-refractivity contribution in [2.75, 3.05) is 20.3 Å². The number of amides is 1. The van der Waals surface area contributed by atoms with Crippen LogP contribution in [0.2, 0.25) is 0 Å². The Morgan fingerprint density at radius 2 is 1.74 bits per heavy atom. The van der Waals surface area contributed by atoms with Crippen LogP contribution in [0.25, 0.3) is 0 Å². The zero-order chi connectivity index (χ0) is 36.5. The third-order valence-corrected chi connectivity index (χ3v) is 10.1. The van der Waals surface area contributed by atoms with Crippen molar-refractivity contribution in [3.8, 4) is 17.2 Å². The van der Waals surface area contributed by atoms with Crippen molar-refractivity contribution in [3.63, 3.8) is 0 Å². The maximum Gasteiger partial charge on any atom is 0.325 e. The van der Waals surface area contributed by atoms with Crippen LogP contribution in [-0.4, -0.2) is 105 Å². The molecular formula is C34H36N2O14. The Bertz CT molecular complexity index is 1860. The van der Waals surface area contributed by atoms with Crippen molar-refractivity contribution in [3.05, 3.63) is 51.6 Å². The number of rotatable bonds is 11. The molecule has 0 radical (unpaired) electrons. The van der Waals surface area contributed by atoms with Crippen molar-refractivity contribution in [2.24, 2.45) is 5.73 Å². The number of aliphatic hydroxyl groups excluding tert-OH is 1. The molecule has 0 bridgehead atoms. The molecule has 1 amide bonds. The lowest BCUT2D eigenvalue weighted by Crippen LogP contribution is -2.48. The van der Waals surface area contributed by atoms with Gasteiger partial charge in [-0.15, -0.1) is 0 Å². The molecule has 2 fully saturated rings. The Kier molecular flexibility index (Phi) is 8.59. The fraction of sp³-hybridized carbons (Fsp3) is 0.471. The molecule has 2 aromatic carbocycles. The second kappa shape index (κ2) is 12.2. The summed E-state index contributed by atoms with van der Waals surface area (Å²) >= 11 is 0. The molecule has 50 heavy (non-hydrogen) atoms. The highest BCUT2D eigenvalue weighted by molar-refractivity contribution is 6.31. The fourth-order valence-corrected chi connectivity index (χ4v) is 7.13. The minimum Gasteiger partial charge on any atom is -0.507 e. The molecule has 1 aliphatic heterocycles. The Morgan fingerprint density at radius 1 is 1.04 bits per heavy atom. The first-order valence-electron chi connectivity index (χ1n) is 15.8. The monoisotopic (exact) mass is 696 g/mol. The highest BCUT2D eigenvalue weighted by atomic mass is 16.7. The molecule has 1 saturated carbocycles. The SMILES string of the molecule is COc1cccc2c1C(=O)c1c(O)c3c(c(O)c1C2=O)C[C@@](O)(C(=O)COC(=O)CNC(=O)CCC(C)=O)C[C@@H]3OC1CC2(N)C(O)C2(C)O1. The zero-order valence-corrected chi connectivity index (χ0v) is 27.4. The first kappa shape index (κ1) is 35.1. The number of nitrogens with two attached hydrogens (primary N) is 1. The van der Waals surface area contributed by atoms with Crippen LogP contribution >= 0.6 is 0 Å². The molecule has 2 aromatic rings. The molecule has 6 atom stereocenters. The lowest BCUT2D eigenvalue weighted by Gasteiger charge is -2.39. The number of esters is 1. The van der Waals surface area contributed by atoms with E-state index in [2.05, 4.69) is 5.32 Å².